The van der Waals surface area contributed by atoms with E-state index in [9.17, 15) is 18.3 Å². The highest BCUT2D eigenvalue weighted by Crippen LogP contribution is 2.30. The molecule has 0 saturated heterocycles. The summed E-state index contributed by atoms with van der Waals surface area (Å²) in [6, 6.07) is 1.16. The summed E-state index contributed by atoms with van der Waals surface area (Å²) in [5.41, 5.74) is 0.631. The van der Waals surface area contributed by atoms with Gasteiger partial charge in [0.05, 0.1) is 31.1 Å². The third-order valence-corrected chi connectivity index (χ3v) is 4.93. The zero-order valence-electron chi connectivity index (χ0n) is 14.7. The van der Waals surface area contributed by atoms with E-state index in [2.05, 4.69) is 19.5 Å². The highest BCUT2D eigenvalue weighted by molar-refractivity contribution is 7.84. The molecule has 3 rings (SSSR count). The van der Waals surface area contributed by atoms with Crippen molar-refractivity contribution in [1.29, 1.82) is 0 Å². The van der Waals surface area contributed by atoms with Crippen LogP contribution in [-0.2, 0) is 21.1 Å². The van der Waals surface area contributed by atoms with Gasteiger partial charge in [0.1, 0.15) is 12.1 Å². The molecule has 1 aliphatic rings. The zero-order chi connectivity index (χ0) is 20.3. The van der Waals surface area contributed by atoms with Crippen molar-refractivity contribution in [1.82, 2.24) is 9.97 Å². The fourth-order valence-corrected chi connectivity index (χ4v) is 3.46. The molecule has 28 heavy (non-hydrogen) atoms. The average molecular weight is 412 g/mol. The van der Waals surface area contributed by atoms with Crippen molar-refractivity contribution < 1.29 is 32.0 Å². The van der Waals surface area contributed by atoms with Crippen LogP contribution < -0.4 is 10.5 Å². The van der Waals surface area contributed by atoms with E-state index in [0.717, 1.165) is 0 Å². The number of nitrogens with one attached hydrogen (secondary N) is 1. The number of carbonyl (C=O) groups is 1. The van der Waals surface area contributed by atoms with E-state index in [1.807, 2.05) is 0 Å². The highest BCUT2D eigenvalue weighted by atomic mass is 32.2. The lowest BCUT2D eigenvalue weighted by Gasteiger charge is -2.15. The van der Waals surface area contributed by atoms with Gasteiger partial charge >= 0.3 is 10.3 Å². The molecule has 12 heteroatoms. The van der Waals surface area contributed by atoms with Crippen molar-refractivity contribution in [2.24, 2.45) is 11.1 Å². The van der Waals surface area contributed by atoms with Gasteiger partial charge in [0.25, 0.3) is 0 Å². The number of rotatable bonds is 8. The van der Waals surface area contributed by atoms with Crippen LogP contribution >= 0.6 is 0 Å². The Morgan fingerprint density at radius 1 is 1.43 bits per heavy atom. The lowest BCUT2D eigenvalue weighted by molar-refractivity contribution is 0.100. The Morgan fingerprint density at radius 3 is 2.89 bits per heavy atom. The Kier molecular flexibility index (Phi) is 6.05. The van der Waals surface area contributed by atoms with Crippen LogP contribution in [0.5, 0.6) is 0 Å². The molecule has 5 N–H and O–H groups in total. The van der Waals surface area contributed by atoms with Gasteiger partial charge in [-0.05, 0) is 18.9 Å². The normalized spacial score (nSPS) is 22.3. The van der Waals surface area contributed by atoms with Crippen molar-refractivity contribution in [2.45, 2.75) is 31.6 Å². The van der Waals surface area contributed by atoms with Crippen LogP contribution in [-0.4, -0.2) is 53.1 Å². The molecule has 0 radical (unpaired) electrons. The lowest BCUT2D eigenvalue weighted by Crippen LogP contribution is -2.24. The molecule has 2 aromatic rings. The van der Waals surface area contributed by atoms with Crippen molar-refractivity contribution in [2.75, 3.05) is 11.9 Å². The highest BCUT2D eigenvalue weighted by Gasteiger charge is 2.34. The molecule has 2 aromatic heterocycles. The van der Waals surface area contributed by atoms with Gasteiger partial charge in [-0.2, -0.15) is 8.42 Å². The molecule has 0 spiro atoms. The molecule has 0 aromatic carbocycles. The quantitative estimate of drug-likeness (QED) is 0.416. The molecule has 0 bridgehead atoms. The topological polar surface area (TPSA) is 178 Å². The maximum Gasteiger partial charge on any atom is 0.333 e. The molecule has 2 heterocycles. The SMILES string of the molecule is NS(=O)(=O)OC[C@H]1C[C@@H](Nc2ncncc2C(=O)c2cc(CO)co2)C[C@@H]1O. The van der Waals surface area contributed by atoms with E-state index in [4.69, 9.17) is 14.7 Å². The van der Waals surface area contributed by atoms with E-state index in [1.54, 1.807) is 0 Å². The Bertz CT molecular complexity index is 946. The number of hydrogen-bond acceptors (Lipinski definition) is 10. The standard InChI is InChI=1S/C16H20N4O7S/c17-28(24,25)27-7-10-2-11(3-13(10)22)20-16-12(4-18-8-19-16)15(23)14-1-9(5-21)6-26-14/h1,4,6,8,10-11,13,21-22H,2-3,5,7H2,(H2,17,24,25)(H,18,19,20)/t10-,11-,13+/m1/s1. The molecule has 152 valence electrons. The molecular formula is C16H20N4O7S. The minimum Gasteiger partial charge on any atom is -0.460 e. The summed E-state index contributed by atoms with van der Waals surface area (Å²) in [5, 5.41) is 27.1. The molecular weight excluding hydrogens is 392 g/mol. The van der Waals surface area contributed by atoms with E-state index in [1.165, 1.54) is 24.9 Å². The first-order valence-electron chi connectivity index (χ1n) is 8.41. The summed E-state index contributed by atoms with van der Waals surface area (Å²) >= 11 is 0. The van der Waals surface area contributed by atoms with Gasteiger partial charge in [0, 0.05) is 23.7 Å². The second kappa shape index (κ2) is 8.32. The van der Waals surface area contributed by atoms with Crippen molar-refractivity contribution in [3.63, 3.8) is 0 Å². The van der Waals surface area contributed by atoms with Crippen LogP contribution in [0.1, 0.15) is 34.5 Å². The van der Waals surface area contributed by atoms with Gasteiger partial charge in [-0.1, -0.05) is 0 Å². The number of aliphatic hydroxyl groups excluding tert-OH is 2. The van der Waals surface area contributed by atoms with Crippen LogP contribution in [0.15, 0.2) is 29.3 Å². The second-order valence-electron chi connectivity index (χ2n) is 6.51. The summed E-state index contributed by atoms with van der Waals surface area (Å²) in [5.74, 6) is -0.607. The van der Waals surface area contributed by atoms with Crippen molar-refractivity contribution in [3.05, 3.63) is 41.7 Å². The number of aliphatic hydroxyl groups is 2. The molecule has 11 nitrogen and oxygen atoms in total. The summed E-state index contributed by atoms with van der Waals surface area (Å²) < 4.78 is 31.6. The summed E-state index contributed by atoms with van der Waals surface area (Å²) in [6.07, 6.45) is 3.81. The van der Waals surface area contributed by atoms with Crippen LogP contribution in [0, 0.1) is 5.92 Å². The first-order valence-corrected chi connectivity index (χ1v) is 9.88. The largest absolute Gasteiger partial charge is 0.460 e. The predicted molar refractivity (Wildman–Crippen MR) is 95.3 cm³/mol. The number of aromatic nitrogens is 2. The first-order chi connectivity index (χ1) is 13.3. The maximum atomic E-state index is 12.7. The minimum absolute atomic E-state index is 0.0350. The molecule has 0 unspecified atom stereocenters. The lowest BCUT2D eigenvalue weighted by atomic mass is 10.1. The Balaban J connectivity index is 1.71. The molecule has 0 amide bonds. The summed E-state index contributed by atoms with van der Waals surface area (Å²) in [4.78, 5) is 20.6. The smallest absolute Gasteiger partial charge is 0.333 e. The molecule has 1 aliphatic carbocycles. The first kappa shape index (κ1) is 20.4. The minimum atomic E-state index is -4.09. The summed E-state index contributed by atoms with van der Waals surface area (Å²) in [6.45, 7) is -0.487. The van der Waals surface area contributed by atoms with Gasteiger partial charge in [-0.15, -0.1) is 0 Å². The third kappa shape index (κ3) is 4.91. The Hall–Kier alpha value is -2.38. The third-order valence-electron chi connectivity index (χ3n) is 4.46. The van der Waals surface area contributed by atoms with Crippen LogP contribution in [0.25, 0.3) is 0 Å². The van der Waals surface area contributed by atoms with Crippen LogP contribution in [0.3, 0.4) is 0 Å². The monoisotopic (exact) mass is 412 g/mol. The van der Waals surface area contributed by atoms with Gasteiger partial charge < -0.3 is 19.9 Å². The van der Waals surface area contributed by atoms with Crippen LogP contribution in [0.2, 0.25) is 0 Å². The number of anilines is 1. The number of nitrogens with two attached hydrogens (primary N) is 1. The van der Waals surface area contributed by atoms with Gasteiger partial charge in [-0.3, -0.25) is 8.98 Å². The van der Waals surface area contributed by atoms with Crippen molar-refractivity contribution >= 4 is 21.9 Å². The predicted octanol–water partition coefficient (Wildman–Crippen LogP) is -0.436. The fourth-order valence-electron chi connectivity index (χ4n) is 3.10. The fraction of sp³-hybridized carbons (Fsp3) is 0.438. The van der Waals surface area contributed by atoms with E-state index < -0.39 is 28.1 Å². The van der Waals surface area contributed by atoms with Gasteiger partial charge in [-0.25, -0.2) is 15.1 Å². The van der Waals surface area contributed by atoms with Gasteiger partial charge in [0.2, 0.25) is 5.78 Å². The van der Waals surface area contributed by atoms with Crippen molar-refractivity contribution in [3.8, 4) is 0 Å². The van der Waals surface area contributed by atoms with Gasteiger partial charge in [0.15, 0.2) is 5.76 Å². The average Bonchev–Trinajstić information content (AvgIpc) is 3.26. The second-order valence-corrected chi connectivity index (χ2v) is 7.73. The molecule has 0 aliphatic heterocycles. The number of nitrogens with zero attached hydrogens (tertiary/aromatic N) is 2. The van der Waals surface area contributed by atoms with E-state index in [0.29, 0.717) is 18.4 Å². The molecule has 1 fully saturated rings. The zero-order valence-corrected chi connectivity index (χ0v) is 15.5. The van der Waals surface area contributed by atoms with E-state index >= 15 is 0 Å². The number of hydrogen-bond donors (Lipinski definition) is 4. The van der Waals surface area contributed by atoms with Crippen LogP contribution in [0.4, 0.5) is 5.82 Å². The Morgan fingerprint density at radius 2 is 2.21 bits per heavy atom. The maximum absolute atomic E-state index is 12.7. The number of carbonyl (C=O) groups excluding carboxylic acids is 1. The summed E-state index contributed by atoms with van der Waals surface area (Å²) in [7, 11) is -4.09. The van der Waals surface area contributed by atoms with E-state index in [-0.39, 0.29) is 36.4 Å². The number of furan rings is 1. The molecule has 1 saturated carbocycles. The number of ketones is 1. The Labute approximate surface area is 160 Å². The molecule has 3 atom stereocenters.